The maximum atomic E-state index is 9.46. The number of nitrogens with two attached hydrogens (primary N) is 1. The van der Waals surface area contributed by atoms with Crippen molar-refractivity contribution < 1.29 is 5.11 Å². The molecule has 2 fully saturated rings. The molecule has 2 aliphatic carbocycles. The minimum atomic E-state index is -0.0539. The predicted octanol–water partition coefficient (Wildman–Crippen LogP) is 2.06. The van der Waals surface area contributed by atoms with Crippen LogP contribution in [0.5, 0.6) is 0 Å². The second kappa shape index (κ2) is 4.19. The zero-order valence-corrected chi connectivity index (χ0v) is 9.04. The number of aliphatic hydroxyl groups is 1. The van der Waals surface area contributed by atoms with Crippen LogP contribution in [0, 0.1) is 11.3 Å². The lowest BCUT2D eigenvalue weighted by atomic mass is 9.58. The van der Waals surface area contributed by atoms with Gasteiger partial charge in [0, 0.05) is 0 Å². The first-order valence-electron chi connectivity index (χ1n) is 6.15. The van der Waals surface area contributed by atoms with Crippen LogP contribution in [0.15, 0.2) is 0 Å². The molecule has 0 saturated heterocycles. The Hall–Kier alpha value is -0.0800. The van der Waals surface area contributed by atoms with Crippen molar-refractivity contribution in [1.82, 2.24) is 0 Å². The molecule has 2 rings (SSSR count). The fourth-order valence-electron chi connectivity index (χ4n) is 3.44. The van der Waals surface area contributed by atoms with Crippen molar-refractivity contribution in [2.24, 2.45) is 17.1 Å². The van der Waals surface area contributed by atoms with Crippen LogP contribution in [0.2, 0.25) is 0 Å². The first-order valence-corrected chi connectivity index (χ1v) is 6.15. The van der Waals surface area contributed by atoms with Crippen molar-refractivity contribution in [1.29, 1.82) is 0 Å². The van der Waals surface area contributed by atoms with E-state index in [0.29, 0.717) is 5.41 Å². The van der Waals surface area contributed by atoms with Gasteiger partial charge < -0.3 is 10.8 Å². The van der Waals surface area contributed by atoms with E-state index >= 15 is 0 Å². The molecule has 0 aliphatic heterocycles. The molecule has 0 radical (unpaired) electrons. The average Bonchev–Trinajstić information content (AvgIpc) is 2.40. The molecule has 0 heterocycles. The van der Waals surface area contributed by atoms with E-state index in [0.717, 1.165) is 25.3 Å². The second-order valence-electron chi connectivity index (χ2n) is 5.32. The van der Waals surface area contributed by atoms with Crippen LogP contribution in [-0.2, 0) is 0 Å². The molecule has 0 atom stereocenters. The minimum absolute atomic E-state index is 0.0539. The highest BCUT2D eigenvalue weighted by Crippen LogP contribution is 2.50. The number of hydrogen-bond acceptors (Lipinski definition) is 2. The summed E-state index contributed by atoms with van der Waals surface area (Å²) in [6, 6.07) is 0. The van der Waals surface area contributed by atoms with E-state index in [9.17, 15) is 5.11 Å². The van der Waals surface area contributed by atoms with Gasteiger partial charge in [0.15, 0.2) is 0 Å². The maximum Gasteiger partial charge on any atom is 0.0552 e. The molecule has 14 heavy (non-hydrogen) atoms. The summed E-state index contributed by atoms with van der Waals surface area (Å²) in [5.41, 5.74) is 6.22. The van der Waals surface area contributed by atoms with E-state index in [2.05, 4.69) is 0 Å². The summed E-state index contributed by atoms with van der Waals surface area (Å²) in [6.07, 6.45) is 10.1. The Morgan fingerprint density at radius 2 is 1.64 bits per heavy atom. The van der Waals surface area contributed by atoms with Gasteiger partial charge in [-0.15, -0.1) is 0 Å². The van der Waals surface area contributed by atoms with E-state index in [1.54, 1.807) is 0 Å². The Labute approximate surface area is 86.9 Å². The molecule has 2 nitrogen and oxygen atoms in total. The molecule has 0 unspecified atom stereocenters. The Kier molecular flexibility index (Phi) is 3.13. The van der Waals surface area contributed by atoms with E-state index in [4.69, 9.17) is 5.73 Å². The summed E-state index contributed by atoms with van der Waals surface area (Å²) in [5.74, 6) is 0.804. The van der Waals surface area contributed by atoms with Gasteiger partial charge in [-0.3, -0.25) is 0 Å². The molecule has 82 valence electrons. The van der Waals surface area contributed by atoms with E-state index in [-0.39, 0.29) is 6.10 Å². The first kappa shape index (κ1) is 10.4. The molecule has 0 aromatic carbocycles. The van der Waals surface area contributed by atoms with Crippen molar-refractivity contribution in [3.8, 4) is 0 Å². The van der Waals surface area contributed by atoms with Crippen LogP contribution in [0.3, 0.4) is 0 Å². The highest BCUT2D eigenvalue weighted by atomic mass is 16.3. The SMILES string of the molecule is NCC1(C2CCCCCC2)CC(O)C1. The Balaban J connectivity index is 1.96. The molecule has 0 amide bonds. The Morgan fingerprint density at radius 1 is 1.07 bits per heavy atom. The van der Waals surface area contributed by atoms with E-state index < -0.39 is 0 Å². The number of hydrogen-bond donors (Lipinski definition) is 2. The van der Waals surface area contributed by atoms with Gasteiger partial charge in [-0.05, 0) is 43.6 Å². The van der Waals surface area contributed by atoms with Crippen molar-refractivity contribution in [2.75, 3.05) is 6.54 Å². The van der Waals surface area contributed by atoms with Crippen LogP contribution in [0.1, 0.15) is 51.4 Å². The van der Waals surface area contributed by atoms with Crippen LogP contribution in [0.4, 0.5) is 0 Å². The van der Waals surface area contributed by atoms with Crippen LogP contribution in [-0.4, -0.2) is 17.8 Å². The molecule has 3 N–H and O–H groups in total. The van der Waals surface area contributed by atoms with E-state index in [1.165, 1.54) is 38.5 Å². The smallest absolute Gasteiger partial charge is 0.0552 e. The molecule has 0 spiro atoms. The van der Waals surface area contributed by atoms with Crippen molar-refractivity contribution in [2.45, 2.75) is 57.5 Å². The largest absolute Gasteiger partial charge is 0.393 e. The van der Waals surface area contributed by atoms with Gasteiger partial charge in [-0.2, -0.15) is 0 Å². The first-order chi connectivity index (χ1) is 6.77. The average molecular weight is 197 g/mol. The summed E-state index contributed by atoms with van der Waals surface area (Å²) < 4.78 is 0. The summed E-state index contributed by atoms with van der Waals surface area (Å²) in [7, 11) is 0. The third kappa shape index (κ3) is 1.82. The van der Waals surface area contributed by atoms with Gasteiger partial charge in [-0.1, -0.05) is 25.7 Å². The number of aliphatic hydroxyl groups excluding tert-OH is 1. The van der Waals surface area contributed by atoms with Crippen molar-refractivity contribution in [3.63, 3.8) is 0 Å². The summed E-state index contributed by atoms with van der Waals surface area (Å²) in [5, 5.41) is 9.46. The molecular formula is C12H23NO. The van der Waals surface area contributed by atoms with Crippen LogP contribution in [0.25, 0.3) is 0 Å². The highest BCUT2D eigenvalue weighted by molar-refractivity contribution is 4.99. The fraction of sp³-hybridized carbons (Fsp3) is 1.00. The maximum absolute atomic E-state index is 9.46. The monoisotopic (exact) mass is 197 g/mol. The third-order valence-corrected chi connectivity index (χ3v) is 4.41. The van der Waals surface area contributed by atoms with Crippen molar-refractivity contribution >= 4 is 0 Å². The van der Waals surface area contributed by atoms with Gasteiger partial charge in [-0.25, -0.2) is 0 Å². The zero-order valence-electron chi connectivity index (χ0n) is 9.04. The van der Waals surface area contributed by atoms with Crippen molar-refractivity contribution in [3.05, 3.63) is 0 Å². The molecule has 2 heteroatoms. The summed E-state index contributed by atoms with van der Waals surface area (Å²) in [6.45, 7) is 0.786. The van der Waals surface area contributed by atoms with Gasteiger partial charge in [0.1, 0.15) is 0 Å². The topological polar surface area (TPSA) is 46.2 Å². The summed E-state index contributed by atoms with van der Waals surface area (Å²) in [4.78, 5) is 0. The Morgan fingerprint density at radius 3 is 2.07 bits per heavy atom. The predicted molar refractivity (Wildman–Crippen MR) is 57.9 cm³/mol. The number of rotatable bonds is 2. The van der Waals surface area contributed by atoms with E-state index in [1.807, 2.05) is 0 Å². The Bertz CT molecular complexity index is 179. The van der Waals surface area contributed by atoms with Crippen LogP contribution < -0.4 is 5.73 Å². The third-order valence-electron chi connectivity index (χ3n) is 4.41. The summed E-state index contributed by atoms with van der Waals surface area (Å²) >= 11 is 0. The van der Waals surface area contributed by atoms with Gasteiger partial charge in [0.25, 0.3) is 0 Å². The minimum Gasteiger partial charge on any atom is -0.393 e. The normalized spacial score (nSPS) is 40.3. The van der Waals surface area contributed by atoms with Gasteiger partial charge in [0.2, 0.25) is 0 Å². The second-order valence-corrected chi connectivity index (χ2v) is 5.32. The van der Waals surface area contributed by atoms with Crippen LogP contribution >= 0.6 is 0 Å². The molecule has 0 bridgehead atoms. The lowest BCUT2D eigenvalue weighted by Crippen LogP contribution is -2.51. The zero-order chi connectivity index (χ0) is 10.0. The lowest BCUT2D eigenvalue weighted by Gasteiger charge is -2.50. The molecular weight excluding hydrogens is 174 g/mol. The molecule has 0 aromatic heterocycles. The quantitative estimate of drug-likeness (QED) is 0.666. The molecule has 2 aliphatic rings. The molecule has 2 saturated carbocycles. The lowest BCUT2D eigenvalue weighted by molar-refractivity contribution is -0.0680. The highest BCUT2D eigenvalue weighted by Gasteiger charge is 2.47. The standard InChI is InChI=1S/C12H23NO/c13-9-12(7-11(14)8-12)10-5-3-1-2-4-6-10/h10-11,14H,1-9,13H2. The van der Waals surface area contributed by atoms with Gasteiger partial charge >= 0.3 is 0 Å². The fourth-order valence-corrected chi connectivity index (χ4v) is 3.44. The molecule has 0 aromatic rings. The van der Waals surface area contributed by atoms with Gasteiger partial charge in [0.05, 0.1) is 6.10 Å².